The van der Waals surface area contributed by atoms with Gasteiger partial charge in [-0.05, 0) is 23.8 Å². The number of nitrogens with one attached hydrogen (secondary N) is 1. The van der Waals surface area contributed by atoms with Crippen LogP contribution >= 0.6 is 34.8 Å². The summed E-state index contributed by atoms with van der Waals surface area (Å²) in [6, 6.07) is 11.8. The summed E-state index contributed by atoms with van der Waals surface area (Å²) < 4.78 is 2.06. The van der Waals surface area contributed by atoms with Gasteiger partial charge >= 0.3 is 0 Å². The van der Waals surface area contributed by atoms with E-state index in [4.69, 9.17) is 34.8 Å². The standard InChI is InChI=1S/C22H14Cl3N3O4/c23-13-6-4-12(5-7-13)8-27-9-15(14-2-1-3-18(29)20(14)27)21(30)22(31)26-19-16(24)10-28(32)11-17(19)25/h1-7,9-11,29H,8H2,(H,26,31). The molecular formula is C22H14Cl3N3O4. The first-order valence-corrected chi connectivity index (χ1v) is 10.4. The van der Waals surface area contributed by atoms with E-state index in [0.29, 0.717) is 27.2 Å². The fourth-order valence-electron chi connectivity index (χ4n) is 3.35. The molecule has 2 aromatic carbocycles. The van der Waals surface area contributed by atoms with Gasteiger partial charge in [-0.25, -0.2) is 0 Å². The van der Waals surface area contributed by atoms with Gasteiger partial charge in [0.15, 0.2) is 0 Å². The van der Waals surface area contributed by atoms with Crippen molar-refractivity contribution in [1.82, 2.24) is 4.57 Å². The Morgan fingerprint density at radius 3 is 2.34 bits per heavy atom. The highest BCUT2D eigenvalue weighted by Gasteiger charge is 2.25. The van der Waals surface area contributed by atoms with Crippen LogP contribution in [0.3, 0.4) is 0 Å². The number of aromatic hydroxyl groups is 1. The topological polar surface area (TPSA) is 98.3 Å². The number of nitrogens with zero attached hydrogens (tertiary/aromatic N) is 2. The molecule has 0 aliphatic heterocycles. The van der Waals surface area contributed by atoms with Gasteiger partial charge in [0.2, 0.25) is 12.4 Å². The number of fused-ring (bicyclic) bond motifs is 1. The van der Waals surface area contributed by atoms with E-state index in [1.165, 1.54) is 12.3 Å². The molecule has 2 aromatic heterocycles. The van der Waals surface area contributed by atoms with E-state index in [-0.39, 0.29) is 27.0 Å². The SMILES string of the molecule is O=C(Nc1c(Cl)c[n+]([O-])cc1Cl)C(=O)c1cn(Cc2ccc(Cl)cc2)c2c(O)cccc12. The van der Waals surface area contributed by atoms with Crippen LogP contribution in [0, 0.1) is 5.21 Å². The number of carbonyl (C=O) groups excluding carboxylic acids is 2. The van der Waals surface area contributed by atoms with Crippen LogP contribution in [-0.4, -0.2) is 21.4 Å². The number of hydrogen-bond donors (Lipinski definition) is 2. The summed E-state index contributed by atoms with van der Waals surface area (Å²) in [5.74, 6) is -1.89. The molecule has 4 rings (SSSR count). The molecule has 0 radical (unpaired) electrons. The van der Waals surface area contributed by atoms with E-state index < -0.39 is 11.7 Å². The van der Waals surface area contributed by atoms with Crippen LogP contribution in [0.2, 0.25) is 15.1 Å². The molecular weight excluding hydrogens is 477 g/mol. The number of carbonyl (C=O) groups is 2. The van der Waals surface area contributed by atoms with Crippen molar-refractivity contribution in [2.24, 2.45) is 0 Å². The van der Waals surface area contributed by atoms with Gasteiger partial charge in [0.1, 0.15) is 15.8 Å². The third-order valence-electron chi connectivity index (χ3n) is 4.79. The highest BCUT2D eigenvalue weighted by atomic mass is 35.5. The van der Waals surface area contributed by atoms with Crippen molar-refractivity contribution >= 4 is 63.1 Å². The Bertz CT molecular complexity index is 1340. The normalized spacial score (nSPS) is 11.0. The highest BCUT2D eigenvalue weighted by Crippen LogP contribution is 2.32. The number of para-hydroxylation sites is 1. The minimum atomic E-state index is -0.994. The van der Waals surface area contributed by atoms with Crippen molar-refractivity contribution in [3.8, 4) is 5.75 Å². The van der Waals surface area contributed by atoms with Crippen molar-refractivity contribution in [3.63, 3.8) is 0 Å². The maximum absolute atomic E-state index is 13.0. The number of phenolic OH excluding ortho intramolecular Hbond substituents is 1. The van der Waals surface area contributed by atoms with Crippen LogP contribution in [0.15, 0.2) is 61.1 Å². The van der Waals surface area contributed by atoms with Gasteiger partial charge in [-0.15, -0.1) is 0 Å². The van der Waals surface area contributed by atoms with Crippen molar-refractivity contribution < 1.29 is 19.4 Å². The predicted octanol–water partition coefficient (Wildman–Crippen LogP) is 4.81. The summed E-state index contributed by atoms with van der Waals surface area (Å²) in [7, 11) is 0. The summed E-state index contributed by atoms with van der Waals surface area (Å²) in [4.78, 5) is 25.7. The van der Waals surface area contributed by atoms with Crippen molar-refractivity contribution in [2.75, 3.05) is 5.32 Å². The lowest BCUT2D eigenvalue weighted by Gasteiger charge is -2.08. The number of Topliss-reactive ketones (excluding diaryl/α,β-unsaturated/α-hetero) is 1. The molecule has 32 heavy (non-hydrogen) atoms. The molecule has 0 fully saturated rings. The maximum atomic E-state index is 13.0. The quantitative estimate of drug-likeness (QED) is 0.181. The first kappa shape index (κ1) is 22.0. The molecule has 10 heteroatoms. The molecule has 0 spiro atoms. The van der Waals surface area contributed by atoms with Gasteiger partial charge in [-0.1, -0.05) is 59.1 Å². The summed E-state index contributed by atoms with van der Waals surface area (Å²) in [5, 5.41) is 24.9. The van der Waals surface area contributed by atoms with Crippen molar-refractivity contribution in [3.05, 3.63) is 92.5 Å². The predicted molar refractivity (Wildman–Crippen MR) is 123 cm³/mol. The molecule has 1 amide bonds. The Balaban J connectivity index is 1.71. The lowest BCUT2D eigenvalue weighted by atomic mass is 10.1. The van der Waals surface area contributed by atoms with Crippen LogP contribution in [-0.2, 0) is 11.3 Å². The molecule has 162 valence electrons. The largest absolute Gasteiger partial charge is 0.619 e. The molecule has 2 N–H and O–H groups in total. The summed E-state index contributed by atoms with van der Waals surface area (Å²) in [6.07, 6.45) is 3.51. The Kier molecular flexibility index (Phi) is 5.97. The second kappa shape index (κ2) is 8.70. The lowest BCUT2D eigenvalue weighted by molar-refractivity contribution is -0.605. The molecule has 0 atom stereocenters. The summed E-state index contributed by atoms with van der Waals surface area (Å²) in [5.41, 5.74) is 1.32. The van der Waals surface area contributed by atoms with Gasteiger partial charge in [0.05, 0.1) is 16.8 Å². The average Bonchev–Trinajstić information content (AvgIpc) is 3.11. The van der Waals surface area contributed by atoms with E-state index >= 15 is 0 Å². The first-order valence-electron chi connectivity index (χ1n) is 9.23. The number of phenols is 1. The molecule has 0 saturated carbocycles. The number of amides is 1. The molecule has 0 aliphatic rings. The van der Waals surface area contributed by atoms with Gasteiger partial charge in [-0.3, -0.25) is 9.59 Å². The average molecular weight is 491 g/mol. The fourth-order valence-corrected chi connectivity index (χ4v) is 4.01. The molecule has 0 saturated heterocycles. The molecule has 0 aliphatic carbocycles. The number of pyridine rings is 1. The number of benzene rings is 2. The van der Waals surface area contributed by atoms with E-state index in [0.717, 1.165) is 18.0 Å². The minimum absolute atomic E-state index is 0.0370. The number of rotatable bonds is 5. The smallest absolute Gasteiger partial charge is 0.296 e. The lowest BCUT2D eigenvalue weighted by Crippen LogP contribution is -2.27. The van der Waals surface area contributed by atoms with Crippen molar-refractivity contribution in [2.45, 2.75) is 6.54 Å². The van der Waals surface area contributed by atoms with Crippen LogP contribution in [0.4, 0.5) is 5.69 Å². The maximum Gasteiger partial charge on any atom is 0.296 e. The summed E-state index contributed by atoms with van der Waals surface area (Å²) in [6.45, 7) is 0.333. The minimum Gasteiger partial charge on any atom is -0.619 e. The first-order chi connectivity index (χ1) is 15.2. The zero-order valence-electron chi connectivity index (χ0n) is 16.2. The van der Waals surface area contributed by atoms with Crippen LogP contribution < -0.4 is 10.0 Å². The molecule has 4 aromatic rings. The number of ketones is 1. The van der Waals surface area contributed by atoms with E-state index in [9.17, 15) is 19.9 Å². The second-order valence-corrected chi connectivity index (χ2v) is 8.19. The second-order valence-electron chi connectivity index (χ2n) is 6.94. The van der Waals surface area contributed by atoms with Gasteiger partial charge < -0.3 is 20.2 Å². The summed E-state index contributed by atoms with van der Waals surface area (Å²) >= 11 is 17.9. The number of anilines is 1. The molecule has 0 bridgehead atoms. The van der Waals surface area contributed by atoms with Crippen LogP contribution in [0.5, 0.6) is 5.75 Å². The number of halogens is 3. The zero-order valence-corrected chi connectivity index (χ0v) is 18.4. The Hall–Kier alpha value is -3.26. The Labute approximate surface area is 196 Å². The molecule has 7 nitrogen and oxygen atoms in total. The van der Waals surface area contributed by atoms with E-state index in [1.807, 2.05) is 12.1 Å². The highest BCUT2D eigenvalue weighted by molar-refractivity contribution is 6.50. The Morgan fingerprint density at radius 1 is 1.03 bits per heavy atom. The number of hydrogen-bond acceptors (Lipinski definition) is 4. The zero-order chi connectivity index (χ0) is 23.0. The fraction of sp³-hybridized carbons (Fsp3) is 0.0455. The molecule has 0 unspecified atom stereocenters. The van der Waals surface area contributed by atoms with E-state index in [1.54, 1.807) is 28.8 Å². The monoisotopic (exact) mass is 489 g/mol. The third-order valence-corrected chi connectivity index (χ3v) is 5.62. The third kappa shape index (κ3) is 4.23. The number of aromatic nitrogens is 2. The van der Waals surface area contributed by atoms with Crippen LogP contribution in [0.25, 0.3) is 10.9 Å². The van der Waals surface area contributed by atoms with Crippen LogP contribution in [0.1, 0.15) is 15.9 Å². The van der Waals surface area contributed by atoms with E-state index in [2.05, 4.69) is 5.32 Å². The Morgan fingerprint density at radius 2 is 1.69 bits per heavy atom. The van der Waals surface area contributed by atoms with Crippen molar-refractivity contribution in [1.29, 1.82) is 0 Å². The van der Waals surface area contributed by atoms with Gasteiger partial charge in [0.25, 0.3) is 11.7 Å². The van der Waals surface area contributed by atoms with Gasteiger partial charge in [-0.2, -0.15) is 4.73 Å². The molecule has 2 heterocycles. The van der Waals surface area contributed by atoms with Gasteiger partial charge in [0, 0.05) is 23.2 Å².